The van der Waals surface area contributed by atoms with Gasteiger partial charge in [-0.2, -0.15) is 0 Å². The standard InChI is InChI=1S/C16H12F2N2O3S/c17-11-5-4-8(6-12(11)18)19-15(21)10-3-1-2-9-13(20-16(22)23)7-24-14(9)10/h1-6,13,20H,7H2,(H,19,21)(H,22,23). The van der Waals surface area contributed by atoms with Crippen LogP contribution in [0.5, 0.6) is 0 Å². The molecule has 0 aromatic heterocycles. The van der Waals surface area contributed by atoms with E-state index in [0.29, 0.717) is 16.2 Å². The number of amides is 2. The normalized spacial score (nSPS) is 15.7. The molecule has 0 bridgehead atoms. The summed E-state index contributed by atoms with van der Waals surface area (Å²) in [6, 6.07) is 7.72. The number of thioether (sulfide) groups is 1. The lowest BCUT2D eigenvalue weighted by molar-refractivity contribution is 0.102. The van der Waals surface area contributed by atoms with Gasteiger partial charge in [0.25, 0.3) is 5.91 Å². The molecule has 1 heterocycles. The monoisotopic (exact) mass is 350 g/mol. The Kier molecular flexibility index (Phi) is 4.39. The molecular weight excluding hydrogens is 338 g/mol. The largest absolute Gasteiger partial charge is 0.465 e. The number of halogens is 2. The topological polar surface area (TPSA) is 78.4 Å². The van der Waals surface area contributed by atoms with Crippen LogP contribution in [-0.4, -0.2) is 22.9 Å². The number of anilines is 1. The Bertz CT molecular complexity index is 829. The molecule has 0 saturated carbocycles. The van der Waals surface area contributed by atoms with Gasteiger partial charge in [-0.1, -0.05) is 12.1 Å². The van der Waals surface area contributed by atoms with Gasteiger partial charge in [0, 0.05) is 22.4 Å². The molecule has 0 fully saturated rings. The van der Waals surface area contributed by atoms with E-state index in [9.17, 15) is 18.4 Å². The lowest BCUT2D eigenvalue weighted by Crippen LogP contribution is -2.26. The minimum Gasteiger partial charge on any atom is -0.465 e. The lowest BCUT2D eigenvalue weighted by atomic mass is 10.0. The molecule has 1 atom stereocenters. The molecule has 1 aliphatic heterocycles. The van der Waals surface area contributed by atoms with E-state index in [1.165, 1.54) is 17.8 Å². The highest BCUT2D eigenvalue weighted by Gasteiger charge is 2.28. The molecule has 2 aromatic carbocycles. The van der Waals surface area contributed by atoms with Crippen LogP contribution in [0.2, 0.25) is 0 Å². The molecule has 5 nitrogen and oxygen atoms in total. The van der Waals surface area contributed by atoms with Crippen molar-refractivity contribution in [2.75, 3.05) is 11.1 Å². The zero-order chi connectivity index (χ0) is 17.3. The molecule has 8 heteroatoms. The van der Waals surface area contributed by atoms with Gasteiger partial charge in [-0.3, -0.25) is 4.79 Å². The van der Waals surface area contributed by atoms with Crippen molar-refractivity contribution >= 4 is 29.4 Å². The zero-order valence-electron chi connectivity index (χ0n) is 12.2. The fourth-order valence-electron chi connectivity index (χ4n) is 2.47. The fourth-order valence-corrected chi connectivity index (χ4v) is 3.76. The molecular formula is C16H12F2N2O3S. The van der Waals surface area contributed by atoms with E-state index in [2.05, 4.69) is 10.6 Å². The maximum Gasteiger partial charge on any atom is 0.405 e. The molecule has 3 N–H and O–H groups in total. The molecule has 3 rings (SSSR count). The molecule has 1 unspecified atom stereocenters. The van der Waals surface area contributed by atoms with Crippen LogP contribution in [0, 0.1) is 11.6 Å². The Balaban J connectivity index is 1.85. The van der Waals surface area contributed by atoms with Gasteiger partial charge < -0.3 is 15.7 Å². The minimum absolute atomic E-state index is 0.139. The predicted molar refractivity (Wildman–Crippen MR) is 85.4 cm³/mol. The van der Waals surface area contributed by atoms with Crippen LogP contribution in [-0.2, 0) is 0 Å². The van der Waals surface area contributed by atoms with E-state index >= 15 is 0 Å². The number of carbonyl (C=O) groups is 2. The Labute approximate surface area is 140 Å². The summed E-state index contributed by atoms with van der Waals surface area (Å²) in [5.41, 5.74) is 1.22. The van der Waals surface area contributed by atoms with Crippen LogP contribution in [0.3, 0.4) is 0 Å². The van der Waals surface area contributed by atoms with Crippen LogP contribution in [0.4, 0.5) is 19.3 Å². The zero-order valence-corrected chi connectivity index (χ0v) is 13.0. The molecule has 24 heavy (non-hydrogen) atoms. The van der Waals surface area contributed by atoms with Crippen molar-refractivity contribution in [3.05, 3.63) is 59.2 Å². The quantitative estimate of drug-likeness (QED) is 0.790. The highest BCUT2D eigenvalue weighted by molar-refractivity contribution is 7.99. The SMILES string of the molecule is O=C(O)NC1CSc2c(C(=O)Nc3ccc(F)c(F)c3)cccc21. The average molecular weight is 350 g/mol. The van der Waals surface area contributed by atoms with E-state index in [1.54, 1.807) is 18.2 Å². The van der Waals surface area contributed by atoms with Crippen LogP contribution in [0.15, 0.2) is 41.3 Å². The predicted octanol–water partition coefficient (Wildman–Crippen LogP) is 3.63. The van der Waals surface area contributed by atoms with Crippen molar-refractivity contribution in [2.45, 2.75) is 10.9 Å². The first-order chi connectivity index (χ1) is 11.5. The Morgan fingerprint density at radius 3 is 2.67 bits per heavy atom. The van der Waals surface area contributed by atoms with Crippen molar-refractivity contribution < 1.29 is 23.5 Å². The van der Waals surface area contributed by atoms with Crippen LogP contribution in [0.1, 0.15) is 22.0 Å². The van der Waals surface area contributed by atoms with Crippen molar-refractivity contribution in [2.24, 2.45) is 0 Å². The number of fused-ring (bicyclic) bond motifs is 1. The number of hydrogen-bond acceptors (Lipinski definition) is 3. The van der Waals surface area contributed by atoms with Gasteiger partial charge in [-0.25, -0.2) is 13.6 Å². The average Bonchev–Trinajstić information content (AvgIpc) is 2.93. The van der Waals surface area contributed by atoms with Crippen LogP contribution < -0.4 is 10.6 Å². The molecule has 2 aromatic rings. The Morgan fingerprint density at radius 1 is 1.17 bits per heavy atom. The molecule has 0 radical (unpaired) electrons. The maximum atomic E-state index is 13.2. The molecule has 2 amide bonds. The molecule has 0 aliphatic carbocycles. The molecule has 0 spiro atoms. The van der Waals surface area contributed by atoms with Crippen molar-refractivity contribution in [1.82, 2.24) is 5.32 Å². The van der Waals surface area contributed by atoms with Gasteiger partial charge in [0.1, 0.15) is 0 Å². The molecule has 124 valence electrons. The number of hydrogen-bond donors (Lipinski definition) is 3. The summed E-state index contributed by atoms with van der Waals surface area (Å²) in [7, 11) is 0. The van der Waals surface area contributed by atoms with E-state index in [-0.39, 0.29) is 5.69 Å². The van der Waals surface area contributed by atoms with Crippen molar-refractivity contribution in [3.8, 4) is 0 Å². The number of rotatable bonds is 3. The Hall–Kier alpha value is -2.61. The summed E-state index contributed by atoms with van der Waals surface area (Å²) in [5, 5.41) is 13.8. The first kappa shape index (κ1) is 16.3. The second-order valence-electron chi connectivity index (χ2n) is 5.12. The van der Waals surface area contributed by atoms with Gasteiger partial charge in [0.15, 0.2) is 11.6 Å². The molecule has 1 aliphatic rings. The van der Waals surface area contributed by atoms with E-state index in [0.717, 1.165) is 17.7 Å². The third-order valence-electron chi connectivity index (χ3n) is 3.54. The molecule has 0 saturated heterocycles. The highest BCUT2D eigenvalue weighted by Crippen LogP contribution is 2.40. The smallest absolute Gasteiger partial charge is 0.405 e. The van der Waals surface area contributed by atoms with Gasteiger partial charge in [0.05, 0.1) is 11.6 Å². The van der Waals surface area contributed by atoms with Gasteiger partial charge in [-0.05, 0) is 23.8 Å². The first-order valence-electron chi connectivity index (χ1n) is 6.97. The van der Waals surface area contributed by atoms with Gasteiger partial charge in [0.2, 0.25) is 0 Å². The summed E-state index contributed by atoms with van der Waals surface area (Å²) in [4.78, 5) is 23.9. The van der Waals surface area contributed by atoms with Crippen LogP contribution in [0.25, 0.3) is 0 Å². The van der Waals surface area contributed by atoms with E-state index < -0.39 is 29.7 Å². The fraction of sp³-hybridized carbons (Fsp3) is 0.125. The number of carbonyl (C=O) groups excluding carboxylic acids is 1. The summed E-state index contributed by atoms with van der Waals surface area (Å²) >= 11 is 1.37. The van der Waals surface area contributed by atoms with Gasteiger partial charge in [-0.15, -0.1) is 11.8 Å². The minimum atomic E-state index is -1.13. The third kappa shape index (κ3) is 3.18. The number of carboxylic acid groups (broad SMARTS) is 1. The lowest BCUT2D eigenvalue weighted by Gasteiger charge is -2.12. The van der Waals surface area contributed by atoms with Crippen molar-refractivity contribution in [3.63, 3.8) is 0 Å². The van der Waals surface area contributed by atoms with Crippen molar-refractivity contribution in [1.29, 1.82) is 0 Å². The number of nitrogens with one attached hydrogen (secondary N) is 2. The third-order valence-corrected chi connectivity index (χ3v) is 4.78. The van der Waals surface area contributed by atoms with Crippen LogP contribution >= 0.6 is 11.8 Å². The first-order valence-corrected chi connectivity index (χ1v) is 7.96. The summed E-state index contributed by atoms with van der Waals surface area (Å²) < 4.78 is 26.2. The summed E-state index contributed by atoms with van der Waals surface area (Å²) in [5.74, 6) is -2.03. The Morgan fingerprint density at radius 2 is 1.96 bits per heavy atom. The second-order valence-corrected chi connectivity index (χ2v) is 6.15. The number of benzene rings is 2. The highest BCUT2D eigenvalue weighted by atomic mass is 32.2. The van der Waals surface area contributed by atoms with E-state index in [4.69, 9.17) is 5.11 Å². The maximum absolute atomic E-state index is 13.2. The summed E-state index contributed by atoms with van der Waals surface area (Å²) in [6.07, 6.45) is -1.13. The second kappa shape index (κ2) is 6.48. The summed E-state index contributed by atoms with van der Waals surface area (Å²) in [6.45, 7) is 0. The van der Waals surface area contributed by atoms with Gasteiger partial charge >= 0.3 is 6.09 Å². The van der Waals surface area contributed by atoms with E-state index in [1.807, 2.05) is 0 Å².